The molecule has 0 bridgehead atoms. The molecule has 0 aliphatic rings. The quantitative estimate of drug-likeness (QED) is 0.135. The van der Waals surface area contributed by atoms with Gasteiger partial charge < -0.3 is 0 Å². The van der Waals surface area contributed by atoms with Gasteiger partial charge in [-0.15, -0.1) is 0 Å². The second-order valence-electron chi connectivity index (χ2n) is 15.8. The van der Waals surface area contributed by atoms with Gasteiger partial charge in [-0.2, -0.15) is 0 Å². The number of ether oxygens (including phenoxy) is 1. The number of benzene rings is 8. The van der Waals surface area contributed by atoms with Gasteiger partial charge in [-0.05, 0) is 17.2 Å². The Morgan fingerprint density at radius 3 is 1.68 bits per heavy atom. The van der Waals surface area contributed by atoms with Gasteiger partial charge in [0.15, 0.2) is 5.82 Å². The molecule has 8 heteroatoms. The van der Waals surface area contributed by atoms with Crippen molar-refractivity contribution in [3.05, 3.63) is 235 Å². The molecule has 0 amide bonds. The van der Waals surface area contributed by atoms with Gasteiger partial charge in [0, 0.05) is 24.2 Å². The third-order valence-electron chi connectivity index (χ3n) is 11.9. The van der Waals surface area contributed by atoms with Crippen molar-refractivity contribution < 1.29 is 24.1 Å². The average molecular weight is 1030 g/mol. The van der Waals surface area contributed by atoms with E-state index in [1.807, 2.05) is 48.7 Å². The molecule has 0 aliphatic heterocycles. The summed E-state index contributed by atoms with van der Waals surface area (Å²) in [5, 5.41) is 2.13. The fraction of sp³-hybridized carbons (Fsp3) is 0. The van der Waals surface area contributed by atoms with Gasteiger partial charge in [-0.1, -0.05) is 42.5 Å². The molecular weight excluding hydrogens is 992 g/mol. The predicted molar refractivity (Wildman–Crippen MR) is 260 cm³/mol. The molecule has 0 spiro atoms. The third-order valence-corrected chi connectivity index (χ3v) is 12.9. The Morgan fingerprint density at radius 1 is 0.424 bits per heavy atom. The van der Waals surface area contributed by atoms with E-state index in [1.165, 1.54) is 0 Å². The number of pyridine rings is 1. The molecule has 0 unspecified atom stereocenters. The van der Waals surface area contributed by atoms with Crippen molar-refractivity contribution in [1.82, 2.24) is 28.7 Å². The SMILES string of the molecule is [Pt]=[c]1n(-c2[c-]c(Oc3[c-]c4c(cc3)c3ccccc3n4-c3cc(-c4ccccc4)c(-c4ncccn4)cn3)ccc2)c2ccccc2n1-c1c(-c2ccccc2)cccc1-c1ccccc1. The summed E-state index contributed by atoms with van der Waals surface area (Å²) in [4.78, 5) is 14.2. The van der Waals surface area contributed by atoms with Gasteiger partial charge in [-0.3, -0.25) is 0 Å². The fourth-order valence-corrected chi connectivity index (χ4v) is 10.1. The summed E-state index contributed by atoms with van der Waals surface area (Å²) in [5.41, 5.74) is 13.4. The van der Waals surface area contributed by atoms with Gasteiger partial charge in [0.25, 0.3) is 0 Å². The summed E-state index contributed by atoms with van der Waals surface area (Å²) in [5.74, 6) is 2.49. The van der Waals surface area contributed by atoms with Crippen molar-refractivity contribution in [2.24, 2.45) is 0 Å². The number of aromatic nitrogens is 6. The van der Waals surface area contributed by atoms with Crippen molar-refractivity contribution >= 4 is 32.8 Å². The Kier molecular flexibility index (Phi) is 9.96. The maximum absolute atomic E-state index is 6.72. The Balaban J connectivity index is 0.978. The van der Waals surface area contributed by atoms with Crippen molar-refractivity contribution in [3.63, 3.8) is 0 Å². The fourth-order valence-electron chi connectivity index (χ4n) is 9.00. The summed E-state index contributed by atoms with van der Waals surface area (Å²) < 4.78 is 14.5. The first-order valence-electron chi connectivity index (χ1n) is 21.6. The summed E-state index contributed by atoms with van der Waals surface area (Å²) >= 11 is 2.46. The van der Waals surface area contributed by atoms with E-state index >= 15 is 0 Å². The summed E-state index contributed by atoms with van der Waals surface area (Å²) in [6, 6.07) is 76.4. The van der Waals surface area contributed by atoms with Crippen LogP contribution in [0.25, 0.3) is 94.8 Å². The molecule has 0 atom stereocenters. The van der Waals surface area contributed by atoms with Crippen LogP contribution < -0.4 is 4.74 Å². The standard InChI is InChI=1S/C58H36N6O.Pt/c1-4-17-40(18-5-1)46-26-15-27-47(41-19-6-2-7-20-41)57(46)63-39-62(53-29-12-13-30-54(53)63)43-23-14-24-44(35-43)65-45-31-32-49-48-25-10-11-28-52(48)64(55(49)36-45)56-37-50(42-21-8-3-9-22-42)51(38-61-56)58-59-33-16-34-60-58;/h1-34,37-38H;/q-2;. The van der Waals surface area contributed by atoms with Crippen LogP contribution >= 0.6 is 0 Å². The number of para-hydroxylation sites is 4. The van der Waals surface area contributed by atoms with Crippen LogP contribution in [0, 0.1) is 15.9 Å². The number of rotatable bonds is 9. The van der Waals surface area contributed by atoms with Gasteiger partial charge in [0.1, 0.15) is 0 Å². The second kappa shape index (κ2) is 16.7. The molecule has 0 fully saturated rings. The number of imidazole rings is 1. The van der Waals surface area contributed by atoms with Crippen molar-refractivity contribution in [3.8, 4) is 73.5 Å². The molecule has 8 aromatic carbocycles. The normalized spacial score (nSPS) is 11.4. The van der Waals surface area contributed by atoms with Crippen LogP contribution in [-0.2, 0) is 19.4 Å². The maximum atomic E-state index is 6.72. The van der Waals surface area contributed by atoms with Crippen LogP contribution in [-0.4, -0.2) is 28.7 Å². The molecule has 4 aromatic heterocycles. The van der Waals surface area contributed by atoms with E-state index in [2.05, 4.69) is 213 Å². The number of nitrogens with zero attached hydrogens (tertiary/aromatic N) is 6. The first-order chi connectivity index (χ1) is 32.7. The van der Waals surface area contributed by atoms with Crippen LogP contribution in [0.4, 0.5) is 0 Å². The Morgan fingerprint density at radius 2 is 1.00 bits per heavy atom. The van der Waals surface area contributed by atoms with E-state index < -0.39 is 0 Å². The monoisotopic (exact) mass is 1030 g/mol. The van der Waals surface area contributed by atoms with Crippen molar-refractivity contribution in [2.45, 2.75) is 0 Å². The van der Waals surface area contributed by atoms with E-state index in [-0.39, 0.29) is 0 Å². The van der Waals surface area contributed by atoms with Crippen LogP contribution in [0.5, 0.6) is 11.5 Å². The minimum absolute atomic E-state index is 0.559. The Hall–Kier alpha value is -8.25. The molecule has 12 aromatic rings. The number of hydrogen-bond donors (Lipinski definition) is 0. The molecule has 316 valence electrons. The molecule has 7 nitrogen and oxygen atoms in total. The second-order valence-corrected chi connectivity index (χ2v) is 16.8. The molecule has 0 saturated carbocycles. The molecule has 0 aliphatic carbocycles. The molecule has 0 saturated heterocycles. The van der Waals surface area contributed by atoms with Gasteiger partial charge >= 0.3 is 294 Å². The molecule has 0 N–H and O–H groups in total. The molecule has 0 radical (unpaired) electrons. The van der Waals surface area contributed by atoms with E-state index in [9.17, 15) is 0 Å². The first-order valence-corrected chi connectivity index (χ1v) is 22.7. The predicted octanol–water partition coefficient (Wildman–Crippen LogP) is 13.8. The zero-order chi connectivity index (χ0) is 44.0. The van der Waals surface area contributed by atoms with Crippen LogP contribution in [0.15, 0.2) is 219 Å². The minimum atomic E-state index is 0.559. The summed E-state index contributed by atoms with van der Waals surface area (Å²) in [6.07, 6.45) is 5.38. The van der Waals surface area contributed by atoms with Crippen molar-refractivity contribution in [1.29, 1.82) is 0 Å². The van der Waals surface area contributed by atoms with E-state index in [1.54, 1.807) is 12.4 Å². The van der Waals surface area contributed by atoms with E-state index in [0.29, 0.717) is 17.3 Å². The molecule has 12 rings (SSSR count). The van der Waals surface area contributed by atoms with Gasteiger partial charge in [0.05, 0.1) is 0 Å². The zero-order valence-corrected chi connectivity index (χ0v) is 37.5. The molecular formula is C58H36N6OPt-2. The first kappa shape index (κ1) is 39.3. The van der Waals surface area contributed by atoms with Crippen LogP contribution in [0.3, 0.4) is 0 Å². The summed E-state index contributed by atoms with van der Waals surface area (Å²) in [7, 11) is 0. The van der Waals surface area contributed by atoms with Gasteiger partial charge in [0.2, 0.25) is 0 Å². The van der Waals surface area contributed by atoms with Crippen LogP contribution in [0.1, 0.15) is 0 Å². The zero-order valence-electron chi connectivity index (χ0n) is 35.2. The molecule has 4 heterocycles. The Labute approximate surface area is 391 Å². The van der Waals surface area contributed by atoms with E-state index in [0.717, 1.165) is 92.8 Å². The van der Waals surface area contributed by atoms with Crippen molar-refractivity contribution in [2.75, 3.05) is 0 Å². The number of fused-ring (bicyclic) bond motifs is 4. The van der Waals surface area contributed by atoms with E-state index in [4.69, 9.17) is 9.72 Å². The average Bonchev–Trinajstić information content (AvgIpc) is 3.87. The third kappa shape index (κ3) is 6.89. The van der Waals surface area contributed by atoms with Gasteiger partial charge in [-0.25, -0.2) is 9.97 Å². The number of hydrogen-bond acceptors (Lipinski definition) is 4. The summed E-state index contributed by atoms with van der Waals surface area (Å²) in [6.45, 7) is 0. The topological polar surface area (TPSA) is 62.7 Å². The molecule has 66 heavy (non-hydrogen) atoms. The van der Waals surface area contributed by atoms with Crippen LogP contribution in [0.2, 0.25) is 0 Å². The Bertz CT molecular complexity index is 3750.